The number of hydrogen-bond donors (Lipinski definition) is 0. The molecule has 6 bridgehead atoms. The third kappa shape index (κ3) is 1.87. The van der Waals surface area contributed by atoms with Gasteiger partial charge in [0.05, 0.1) is 25.0 Å². The van der Waals surface area contributed by atoms with E-state index in [4.69, 9.17) is 14.2 Å². The second-order valence-corrected chi connectivity index (χ2v) is 11.8. The summed E-state index contributed by atoms with van der Waals surface area (Å²) in [5.41, 5.74) is -0.103. The molecule has 4 saturated carbocycles. The van der Waals surface area contributed by atoms with Crippen molar-refractivity contribution >= 4 is 11.9 Å². The van der Waals surface area contributed by atoms with Crippen LogP contribution in [0.1, 0.15) is 36.8 Å². The molecular formula is C32H28O5. The molecule has 7 aliphatic rings. The molecule has 0 amide bonds. The molecule has 1 saturated heterocycles. The molecule has 5 nitrogen and oxygen atoms in total. The molecule has 9 rings (SSSR count). The number of carbonyl (C=O) groups is 2. The van der Waals surface area contributed by atoms with Gasteiger partial charge in [0, 0.05) is 10.8 Å². The summed E-state index contributed by atoms with van der Waals surface area (Å²) < 4.78 is 18.6. The first kappa shape index (κ1) is 21.6. The Kier molecular flexibility index (Phi) is 3.70. The molecule has 0 aromatic heterocycles. The van der Waals surface area contributed by atoms with Crippen LogP contribution in [0.25, 0.3) is 0 Å². The molecular weight excluding hydrogens is 464 g/mol. The average Bonchev–Trinajstić information content (AvgIpc) is 3.74. The first-order valence-corrected chi connectivity index (χ1v) is 13.0. The Morgan fingerprint density at radius 1 is 0.757 bits per heavy atom. The van der Waals surface area contributed by atoms with Crippen molar-refractivity contribution in [2.75, 3.05) is 14.2 Å². The maximum Gasteiger partial charge on any atom is 0.313 e. The summed E-state index contributed by atoms with van der Waals surface area (Å²) in [5.74, 6) is -0.596. The van der Waals surface area contributed by atoms with Crippen molar-refractivity contribution in [3.05, 3.63) is 107 Å². The summed E-state index contributed by atoms with van der Waals surface area (Å²) in [4.78, 5) is 27.6. The fourth-order valence-corrected chi connectivity index (χ4v) is 10.2. The first-order chi connectivity index (χ1) is 17.9. The fourth-order valence-electron chi connectivity index (χ4n) is 10.2. The van der Waals surface area contributed by atoms with Crippen LogP contribution in [0, 0.1) is 21.7 Å². The summed E-state index contributed by atoms with van der Waals surface area (Å²) in [6, 6.07) is 20.8. The van der Waals surface area contributed by atoms with E-state index < -0.39 is 32.9 Å². The van der Waals surface area contributed by atoms with Crippen molar-refractivity contribution in [3.63, 3.8) is 0 Å². The Labute approximate surface area is 215 Å². The minimum absolute atomic E-state index is 0.298. The van der Waals surface area contributed by atoms with Gasteiger partial charge in [-0.1, -0.05) is 78.9 Å². The van der Waals surface area contributed by atoms with Gasteiger partial charge in [-0.25, -0.2) is 0 Å². The number of methoxy groups -OCH3 is 2. The molecule has 2 aromatic carbocycles. The largest absolute Gasteiger partial charge is 0.469 e. The number of benzene rings is 2. The second kappa shape index (κ2) is 6.33. The lowest BCUT2D eigenvalue weighted by molar-refractivity contribution is -0.172. The lowest BCUT2D eigenvalue weighted by atomic mass is 9.54. The molecule has 2 aliphatic heterocycles. The molecule has 0 radical (unpaired) electrons. The van der Waals surface area contributed by atoms with Crippen molar-refractivity contribution < 1.29 is 23.8 Å². The maximum absolute atomic E-state index is 13.8. The van der Waals surface area contributed by atoms with Crippen LogP contribution in [0.15, 0.2) is 96.1 Å². The molecule has 0 N–H and O–H groups in total. The van der Waals surface area contributed by atoms with Gasteiger partial charge in [0.1, 0.15) is 11.2 Å². The first-order valence-electron chi connectivity index (χ1n) is 13.0. The minimum Gasteiger partial charge on any atom is -0.469 e. The highest BCUT2D eigenvalue weighted by Crippen LogP contribution is 2.98. The normalized spacial score (nSPS) is 42.9. The van der Waals surface area contributed by atoms with Crippen molar-refractivity contribution in [1.82, 2.24) is 0 Å². The number of carbonyl (C=O) groups excluding carboxylic acids is 2. The van der Waals surface area contributed by atoms with Crippen LogP contribution < -0.4 is 0 Å². The number of rotatable bonds is 4. The van der Waals surface area contributed by atoms with Gasteiger partial charge in [0.2, 0.25) is 0 Å². The van der Waals surface area contributed by atoms with Crippen molar-refractivity contribution in [2.24, 2.45) is 21.7 Å². The topological polar surface area (TPSA) is 61.8 Å². The summed E-state index contributed by atoms with van der Waals surface area (Å²) in [6.07, 6.45) is 10.9. The van der Waals surface area contributed by atoms with E-state index in [0.717, 1.165) is 16.7 Å². The highest BCUT2D eigenvalue weighted by atomic mass is 16.5. The van der Waals surface area contributed by atoms with Crippen LogP contribution >= 0.6 is 0 Å². The number of esters is 2. The van der Waals surface area contributed by atoms with Gasteiger partial charge in [0.25, 0.3) is 0 Å². The zero-order valence-corrected chi connectivity index (χ0v) is 21.0. The Morgan fingerprint density at radius 2 is 1.30 bits per heavy atom. The van der Waals surface area contributed by atoms with Gasteiger partial charge in [0.15, 0.2) is 0 Å². The van der Waals surface area contributed by atoms with Crippen LogP contribution in [0.4, 0.5) is 0 Å². The summed E-state index contributed by atoms with van der Waals surface area (Å²) in [6.45, 7) is 0. The number of fused-ring (bicyclic) bond motifs is 4. The molecule has 37 heavy (non-hydrogen) atoms. The quantitative estimate of drug-likeness (QED) is 0.554. The molecule has 5 fully saturated rings. The Morgan fingerprint density at radius 3 is 1.86 bits per heavy atom. The van der Waals surface area contributed by atoms with Gasteiger partial charge in [-0.2, -0.15) is 0 Å². The Bertz CT molecular complexity index is 1450. The monoisotopic (exact) mass is 492 g/mol. The zero-order valence-electron chi connectivity index (χ0n) is 21.0. The number of hydrogen-bond acceptors (Lipinski definition) is 5. The predicted molar refractivity (Wildman–Crippen MR) is 135 cm³/mol. The lowest BCUT2D eigenvalue weighted by Gasteiger charge is -2.46. The van der Waals surface area contributed by atoms with Crippen LogP contribution in [0.2, 0.25) is 0 Å². The number of ether oxygens (including phenoxy) is 3. The van der Waals surface area contributed by atoms with Crippen molar-refractivity contribution in [2.45, 2.75) is 36.9 Å². The molecule has 4 unspecified atom stereocenters. The van der Waals surface area contributed by atoms with Crippen LogP contribution in [0.3, 0.4) is 0 Å². The van der Waals surface area contributed by atoms with Gasteiger partial charge < -0.3 is 14.2 Å². The highest BCUT2D eigenvalue weighted by molar-refractivity contribution is 5.93. The van der Waals surface area contributed by atoms with E-state index in [9.17, 15) is 9.59 Å². The van der Waals surface area contributed by atoms with Gasteiger partial charge in [-0.3, -0.25) is 9.59 Å². The van der Waals surface area contributed by atoms with Crippen LogP contribution in [0.5, 0.6) is 0 Å². The third-order valence-corrected chi connectivity index (χ3v) is 11.1. The molecule has 5 aliphatic carbocycles. The zero-order chi connectivity index (χ0) is 25.3. The third-order valence-electron chi connectivity index (χ3n) is 11.1. The average molecular weight is 493 g/mol. The molecule has 4 atom stereocenters. The van der Waals surface area contributed by atoms with Gasteiger partial charge in [-0.05, 0) is 54.0 Å². The predicted octanol–water partition coefficient (Wildman–Crippen LogP) is 5.14. The van der Waals surface area contributed by atoms with Crippen molar-refractivity contribution in [3.8, 4) is 0 Å². The van der Waals surface area contributed by atoms with E-state index in [1.165, 1.54) is 19.8 Å². The molecule has 2 aromatic rings. The highest BCUT2D eigenvalue weighted by Gasteiger charge is 2.99. The van der Waals surface area contributed by atoms with E-state index in [1.807, 2.05) is 24.3 Å². The van der Waals surface area contributed by atoms with E-state index in [-0.39, 0.29) is 11.9 Å². The van der Waals surface area contributed by atoms with Gasteiger partial charge in [-0.15, -0.1) is 0 Å². The minimum atomic E-state index is -0.948. The SMILES string of the molecule is COC(=O)C12CC34CC1(C(=O)OC)CC3(C2)C1(c2ccccc2)OC4(c2ccccc2)C=C2C=CC=C21. The lowest BCUT2D eigenvalue weighted by Crippen LogP contribution is -2.46. The van der Waals surface area contributed by atoms with E-state index in [1.54, 1.807) is 0 Å². The molecule has 2 heterocycles. The van der Waals surface area contributed by atoms with Gasteiger partial charge >= 0.3 is 11.9 Å². The van der Waals surface area contributed by atoms with E-state index in [2.05, 4.69) is 60.7 Å². The second-order valence-electron chi connectivity index (χ2n) is 11.8. The molecule has 186 valence electrons. The Balaban J connectivity index is 1.53. The van der Waals surface area contributed by atoms with E-state index >= 15 is 0 Å². The van der Waals surface area contributed by atoms with Crippen molar-refractivity contribution in [1.29, 1.82) is 0 Å². The molecule has 2 spiro atoms. The van der Waals surface area contributed by atoms with Crippen LogP contribution in [-0.4, -0.2) is 26.2 Å². The summed E-state index contributed by atoms with van der Waals surface area (Å²) in [7, 11) is 2.88. The fraction of sp³-hybridized carbons (Fsp3) is 0.375. The smallest absolute Gasteiger partial charge is 0.313 e. The maximum atomic E-state index is 13.8. The van der Waals surface area contributed by atoms with Crippen LogP contribution in [-0.2, 0) is 35.0 Å². The molecule has 5 heteroatoms. The summed E-state index contributed by atoms with van der Waals surface area (Å²) >= 11 is 0. The standard InChI is InChI=1S/C32H28O5/c1-35-25(33)27-17-29-18-28(27,26(34)36-2)20-30(29,19-27)32(23-13-7-4-8-14-23)24-15-9-10-21(24)16-31(29,37-32)22-11-5-3-6-12-22/h3-16H,17-20H2,1-2H3. The Hall–Kier alpha value is -3.44. The summed E-state index contributed by atoms with van der Waals surface area (Å²) in [5, 5.41) is 0. The van der Waals surface area contributed by atoms with E-state index in [0.29, 0.717) is 25.7 Å². The number of allylic oxidation sites excluding steroid dienone is 3.